The Morgan fingerprint density at radius 3 is 2.82 bits per heavy atom. The lowest BCUT2D eigenvalue weighted by Crippen LogP contribution is -2.22. The Hall–Kier alpha value is -2.69. The number of nitrogens with zero attached hydrogens (tertiary/aromatic N) is 2. The summed E-state index contributed by atoms with van der Waals surface area (Å²) in [5, 5.41) is 15.9. The molecule has 0 fully saturated rings. The molecule has 0 amide bonds. The lowest BCUT2D eigenvalue weighted by atomic mass is 10.1. The second-order valence-electron chi connectivity index (χ2n) is 6.09. The fraction of sp³-hybridized carbons (Fsp3) is 0.278. The number of likely N-dealkylation sites (N-methyl/N-ethyl adjacent to an activating group) is 1. The van der Waals surface area contributed by atoms with E-state index in [0.717, 1.165) is 22.7 Å². The highest BCUT2D eigenvalue weighted by Gasteiger charge is 2.15. The third kappa shape index (κ3) is 4.58. The fourth-order valence-electron chi connectivity index (χ4n) is 2.79. The van der Waals surface area contributed by atoms with Crippen LogP contribution in [0.4, 0.5) is 10.1 Å². The summed E-state index contributed by atoms with van der Waals surface area (Å²) in [6.45, 7) is 4.43. The highest BCUT2D eigenvalue weighted by atomic mass is 32.2. The lowest BCUT2D eigenvalue weighted by Gasteiger charge is -2.14. The maximum atomic E-state index is 13.6. The molecule has 28 heavy (non-hydrogen) atoms. The summed E-state index contributed by atoms with van der Waals surface area (Å²) >= 11 is 0. The minimum atomic E-state index is -4.00. The molecule has 0 radical (unpaired) electrons. The van der Waals surface area contributed by atoms with Crippen molar-refractivity contribution in [1.29, 1.82) is 0 Å². The average Bonchev–Trinajstić information content (AvgIpc) is 3.10. The van der Waals surface area contributed by atoms with Crippen molar-refractivity contribution in [3.05, 3.63) is 54.0 Å². The number of nitrogens with one attached hydrogen (secondary N) is 2. The topological polar surface area (TPSA) is 111 Å². The monoisotopic (exact) mass is 407 g/mol. The molecule has 0 saturated carbocycles. The van der Waals surface area contributed by atoms with Crippen LogP contribution in [0.3, 0.4) is 0 Å². The molecule has 3 aromatic rings. The van der Waals surface area contributed by atoms with Crippen molar-refractivity contribution in [2.45, 2.75) is 13.5 Å². The van der Waals surface area contributed by atoms with Gasteiger partial charge in [-0.1, -0.05) is 19.1 Å². The van der Waals surface area contributed by atoms with Crippen molar-refractivity contribution in [3.63, 3.8) is 0 Å². The van der Waals surface area contributed by atoms with Gasteiger partial charge in [-0.05, 0) is 30.8 Å². The Balaban J connectivity index is 1.80. The molecule has 8 nitrogen and oxygen atoms in total. The summed E-state index contributed by atoms with van der Waals surface area (Å²) < 4.78 is 43.5. The van der Waals surface area contributed by atoms with E-state index in [0.29, 0.717) is 28.9 Å². The van der Waals surface area contributed by atoms with Crippen LogP contribution in [-0.4, -0.2) is 37.2 Å². The van der Waals surface area contributed by atoms with Crippen molar-refractivity contribution < 1.29 is 17.5 Å². The van der Waals surface area contributed by atoms with Crippen LogP contribution in [0.5, 0.6) is 5.75 Å². The number of halogens is 1. The quantitative estimate of drug-likeness (QED) is 0.467. The predicted octanol–water partition coefficient (Wildman–Crippen LogP) is 1.83. The Morgan fingerprint density at radius 1 is 1.25 bits per heavy atom. The van der Waals surface area contributed by atoms with E-state index < -0.39 is 10.2 Å². The van der Waals surface area contributed by atoms with Crippen molar-refractivity contribution in [3.8, 4) is 5.75 Å². The van der Waals surface area contributed by atoms with Gasteiger partial charge < -0.3 is 15.4 Å². The van der Waals surface area contributed by atoms with E-state index in [1.807, 2.05) is 6.92 Å². The van der Waals surface area contributed by atoms with E-state index in [4.69, 9.17) is 9.88 Å². The van der Waals surface area contributed by atoms with E-state index in [-0.39, 0.29) is 12.4 Å². The molecule has 10 heteroatoms. The summed E-state index contributed by atoms with van der Waals surface area (Å²) in [6.07, 6.45) is 1.38. The molecule has 0 saturated heterocycles. The van der Waals surface area contributed by atoms with Crippen LogP contribution in [-0.2, 0) is 16.8 Å². The van der Waals surface area contributed by atoms with Crippen molar-refractivity contribution in [2.75, 3.05) is 25.0 Å². The Labute approximate surface area is 162 Å². The highest BCUT2D eigenvalue weighted by Crippen LogP contribution is 2.27. The van der Waals surface area contributed by atoms with Gasteiger partial charge in [-0.15, -0.1) is 4.09 Å². The van der Waals surface area contributed by atoms with Crippen molar-refractivity contribution in [1.82, 2.24) is 14.5 Å². The maximum absolute atomic E-state index is 13.6. The minimum Gasteiger partial charge on any atom is -0.488 e. The largest absolute Gasteiger partial charge is 0.488 e. The Kier molecular flexibility index (Phi) is 6.12. The molecule has 0 spiro atoms. The Bertz CT molecular complexity index is 1070. The zero-order valence-electron chi connectivity index (χ0n) is 15.4. The van der Waals surface area contributed by atoms with Gasteiger partial charge >= 0.3 is 10.2 Å². The molecule has 0 unspecified atom stereocenters. The minimum absolute atomic E-state index is 0.170. The van der Waals surface area contributed by atoms with E-state index in [1.165, 1.54) is 18.3 Å². The Morgan fingerprint density at radius 2 is 2.07 bits per heavy atom. The smallest absolute Gasteiger partial charge is 0.318 e. The molecule has 0 aliphatic heterocycles. The number of aromatic nitrogens is 2. The van der Waals surface area contributed by atoms with Crippen LogP contribution >= 0.6 is 0 Å². The predicted molar refractivity (Wildman–Crippen MR) is 106 cm³/mol. The van der Waals surface area contributed by atoms with Gasteiger partial charge in [0.1, 0.15) is 18.2 Å². The van der Waals surface area contributed by atoms with Crippen LogP contribution in [0.1, 0.15) is 12.5 Å². The van der Waals surface area contributed by atoms with E-state index >= 15 is 0 Å². The number of anilines is 1. The molecule has 0 aliphatic rings. The van der Waals surface area contributed by atoms with Gasteiger partial charge in [-0.3, -0.25) is 0 Å². The summed E-state index contributed by atoms with van der Waals surface area (Å²) in [7, 11) is -4.00. The molecule has 4 N–H and O–H groups in total. The first-order valence-electron chi connectivity index (χ1n) is 8.76. The zero-order valence-corrected chi connectivity index (χ0v) is 16.2. The molecular weight excluding hydrogens is 385 g/mol. The van der Waals surface area contributed by atoms with Crippen LogP contribution in [0.25, 0.3) is 10.9 Å². The summed E-state index contributed by atoms with van der Waals surface area (Å²) in [5.74, 6) is 0.113. The molecule has 0 aliphatic carbocycles. The van der Waals surface area contributed by atoms with Crippen LogP contribution in [0.15, 0.2) is 42.6 Å². The van der Waals surface area contributed by atoms with Gasteiger partial charge in [-0.2, -0.15) is 13.5 Å². The number of benzene rings is 2. The molecular formula is C18H22FN5O3S. The van der Waals surface area contributed by atoms with Gasteiger partial charge in [0.2, 0.25) is 0 Å². The standard InChI is InChI=1S/C18H22FN5O3S/c1-2-21-8-9-22-16-10-14(19)7-6-13(16)12-27-18-5-3-4-17-15(18)11-23-24(17)28(20,25)26/h3-7,10-11,21-22H,2,8-9,12H2,1H3,(H2,20,25,26). The molecule has 0 bridgehead atoms. The molecule has 1 aromatic heterocycles. The number of ether oxygens (including phenoxy) is 1. The molecule has 150 valence electrons. The van der Waals surface area contributed by atoms with Crippen molar-refractivity contribution in [2.24, 2.45) is 5.14 Å². The second kappa shape index (κ2) is 8.55. The van der Waals surface area contributed by atoms with Gasteiger partial charge in [0.05, 0.1) is 17.1 Å². The number of hydrogen-bond acceptors (Lipinski definition) is 6. The van der Waals surface area contributed by atoms with Crippen LogP contribution in [0, 0.1) is 5.82 Å². The van der Waals surface area contributed by atoms with Crippen LogP contribution in [0.2, 0.25) is 0 Å². The normalized spacial score (nSPS) is 11.7. The average molecular weight is 407 g/mol. The third-order valence-corrected chi connectivity index (χ3v) is 4.88. The van der Waals surface area contributed by atoms with Gasteiger partial charge in [0.15, 0.2) is 0 Å². The molecule has 3 rings (SSSR count). The van der Waals surface area contributed by atoms with E-state index in [1.54, 1.807) is 24.3 Å². The fourth-order valence-corrected chi connectivity index (χ4v) is 3.40. The first kappa shape index (κ1) is 20.1. The van der Waals surface area contributed by atoms with E-state index in [2.05, 4.69) is 15.7 Å². The second-order valence-corrected chi connectivity index (χ2v) is 7.47. The number of hydrogen-bond donors (Lipinski definition) is 3. The highest BCUT2D eigenvalue weighted by molar-refractivity contribution is 7.87. The molecule has 0 atom stereocenters. The van der Waals surface area contributed by atoms with Crippen molar-refractivity contribution >= 4 is 26.8 Å². The number of nitrogens with two attached hydrogens (primary N) is 1. The maximum Gasteiger partial charge on any atom is 0.318 e. The number of fused-ring (bicyclic) bond motifs is 1. The lowest BCUT2D eigenvalue weighted by molar-refractivity contribution is 0.310. The third-order valence-electron chi connectivity index (χ3n) is 4.10. The van der Waals surface area contributed by atoms with E-state index in [9.17, 15) is 12.8 Å². The number of rotatable bonds is 9. The molecule has 2 aromatic carbocycles. The molecule has 1 heterocycles. The summed E-state index contributed by atoms with van der Waals surface area (Å²) in [6, 6.07) is 9.39. The first-order valence-corrected chi connectivity index (χ1v) is 10.3. The SMILES string of the molecule is CCNCCNc1cc(F)ccc1COc1cccc2c1cnn2S(N)(=O)=O. The van der Waals surface area contributed by atoms with Gasteiger partial charge in [0, 0.05) is 24.3 Å². The van der Waals surface area contributed by atoms with Gasteiger partial charge in [0.25, 0.3) is 0 Å². The van der Waals surface area contributed by atoms with Gasteiger partial charge in [-0.25, -0.2) is 9.53 Å². The zero-order chi connectivity index (χ0) is 20.1. The van der Waals surface area contributed by atoms with Crippen LogP contribution < -0.4 is 20.5 Å². The summed E-state index contributed by atoms with van der Waals surface area (Å²) in [4.78, 5) is 0. The summed E-state index contributed by atoms with van der Waals surface area (Å²) in [5.41, 5.74) is 1.74. The first-order chi connectivity index (χ1) is 13.4.